The molecule has 3 heterocycles. The number of fused-ring (bicyclic) bond motifs is 9. The summed E-state index contributed by atoms with van der Waals surface area (Å²) in [5.74, 6) is 0. The summed E-state index contributed by atoms with van der Waals surface area (Å²) < 4.78 is 7.56. The van der Waals surface area contributed by atoms with Crippen molar-refractivity contribution in [3.05, 3.63) is 182 Å². The summed E-state index contributed by atoms with van der Waals surface area (Å²) in [4.78, 5) is 0. The lowest BCUT2D eigenvalue weighted by Gasteiger charge is -2.12. The second-order valence-corrected chi connectivity index (χ2v) is 14.4. The molecule has 0 aliphatic heterocycles. The average molecular weight is 667 g/mol. The van der Waals surface area contributed by atoms with Gasteiger partial charge in [0.05, 0.1) is 22.1 Å². The summed E-state index contributed by atoms with van der Waals surface area (Å²) in [5, 5.41) is 7.65. The van der Waals surface area contributed by atoms with Crippen LogP contribution in [0.1, 0.15) is 0 Å². The molecule has 51 heavy (non-hydrogen) atoms. The topological polar surface area (TPSA) is 9.86 Å². The Bertz CT molecular complexity index is 3140. The fraction of sp³-hybridized carbons (Fsp3) is 0. The molecule has 0 unspecified atom stereocenters. The molecule has 0 aliphatic carbocycles. The van der Waals surface area contributed by atoms with Crippen LogP contribution in [0.2, 0.25) is 0 Å². The fourth-order valence-electron chi connectivity index (χ4n) is 8.23. The van der Waals surface area contributed by atoms with Gasteiger partial charge in [-0.2, -0.15) is 0 Å². The molecule has 0 atom stereocenters. The monoisotopic (exact) mass is 666 g/mol. The number of hydrogen-bond donors (Lipinski definition) is 0. The lowest BCUT2D eigenvalue weighted by molar-refractivity contribution is 1.17. The number of nitrogens with zero attached hydrogens (tertiary/aromatic N) is 2. The molecule has 0 spiro atoms. The van der Waals surface area contributed by atoms with E-state index in [1.807, 2.05) is 11.3 Å². The molecule has 0 fully saturated rings. The van der Waals surface area contributed by atoms with Crippen molar-refractivity contribution >= 4 is 75.1 Å². The Kier molecular flexibility index (Phi) is 6.16. The molecule has 11 rings (SSSR count). The quantitative estimate of drug-likeness (QED) is 0.177. The first-order chi connectivity index (χ1) is 25.3. The van der Waals surface area contributed by atoms with Crippen molar-refractivity contribution in [3.8, 4) is 33.6 Å². The third-order valence-electron chi connectivity index (χ3n) is 10.5. The molecular weight excluding hydrogens is 637 g/mol. The van der Waals surface area contributed by atoms with E-state index in [0.717, 1.165) is 11.4 Å². The normalized spacial score (nSPS) is 11.9. The first kappa shape index (κ1) is 28.4. The highest BCUT2D eigenvalue weighted by Crippen LogP contribution is 2.42. The number of thiophene rings is 1. The predicted octanol–water partition coefficient (Wildman–Crippen LogP) is 13.6. The summed E-state index contributed by atoms with van der Waals surface area (Å²) >= 11 is 1.88. The Morgan fingerprint density at radius 1 is 0.314 bits per heavy atom. The SMILES string of the molecule is c1ccc(-c2cccc(-n3c4ccccc4c4cc5c(cc43)c3ccccc3n5-c3cccc(-c4cccc5c4sc4ccccc45)c3)c2)cc1. The van der Waals surface area contributed by atoms with Crippen LogP contribution in [-0.4, -0.2) is 9.13 Å². The van der Waals surface area contributed by atoms with Crippen molar-refractivity contribution in [3.63, 3.8) is 0 Å². The van der Waals surface area contributed by atoms with E-state index >= 15 is 0 Å². The van der Waals surface area contributed by atoms with Gasteiger partial charge in [-0.3, -0.25) is 0 Å². The van der Waals surface area contributed by atoms with E-state index in [1.54, 1.807) is 0 Å². The molecule has 0 saturated carbocycles. The number of aromatic nitrogens is 2. The molecule has 8 aromatic carbocycles. The molecule has 0 bridgehead atoms. The smallest absolute Gasteiger partial charge is 0.0548 e. The molecular formula is C48H30N2S. The summed E-state index contributed by atoms with van der Waals surface area (Å²) in [7, 11) is 0. The number of hydrogen-bond acceptors (Lipinski definition) is 1. The molecule has 0 radical (unpaired) electrons. The van der Waals surface area contributed by atoms with Gasteiger partial charge < -0.3 is 9.13 Å². The highest BCUT2D eigenvalue weighted by atomic mass is 32.1. The number of rotatable bonds is 4. The van der Waals surface area contributed by atoms with Crippen molar-refractivity contribution in [1.82, 2.24) is 9.13 Å². The van der Waals surface area contributed by atoms with Gasteiger partial charge in [-0.15, -0.1) is 11.3 Å². The van der Waals surface area contributed by atoms with Crippen LogP contribution in [0.15, 0.2) is 182 Å². The second-order valence-electron chi connectivity index (χ2n) is 13.3. The van der Waals surface area contributed by atoms with Gasteiger partial charge in [-0.25, -0.2) is 0 Å². The number of para-hydroxylation sites is 2. The van der Waals surface area contributed by atoms with Crippen molar-refractivity contribution in [2.24, 2.45) is 0 Å². The molecule has 11 aromatic rings. The zero-order chi connectivity index (χ0) is 33.5. The van der Waals surface area contributed by atoms with Crippen molar-refractivity contribution in [2.75, 3.05) is 0 Å². The minimum absolute atomic E-state index is 1.16. The maximum absolute atomic E-state index is 2.46. The molecule has 0 N–H and O–H groups in total. The van der Waals surface area contributed by atoms with Gasteiger partial charge in [0, 0.05) is 53.1 Å². The van der Waals surface area contributed by atoms with Crippen LogP contribution < -0.4 is 0 Å². The van der Waals surface area contributed by atoms with E-state index in [4.69, 9.17) is 0 Å². The molecule has 3 aromatic heterocycles. The Morgan fingerprint density at radius 3 is 1.51 bits per heavy atom. The van der Waals surface area contributed by atoms with Gasteiger partial charge in [0.15, 0.2) is 0 Å². The van der Waals surface area contributed by atoms with Gasteiger partial charge in [0.1, 0.15) is 0 Å². The lowest BCUT2D eigenvalue weighted by atomic mass is 10.0. The van der Waals surface area contributed by atoms with Crippen molar-refractivity contribution < 1.29 is 0 Å². The van der Waals surface area contributed by atoms with Crippen LogP contribution in [0.25, 0.3) is 97.4 Å². The highest BCUT2D eigenvalue weighted by molar-refractivity contribution is 7.26. The van der Waals surface area contributed by atoms with Crippen LogP contribution in [0.3, 0.4) is 0 Å². The zero-order valence-corrected chi connectivity index (χ0v) is 28.4. The maximum Gasteiger partial charge on any atom is 0.0548 e. The molecule has 238 valence electrons. The van der Waals surface area contributed by atoms with Gasteiger partial charge in [-0.1, -0.05) is 127 Å². The van der Waals surface area contributed by atoms with Crippen LogP contribution in [-0.2, 0) is 0 Å². The first-order valence-corrected chi connectivity index (χ1v) is 18.3. The van der Waals surface area contributed by atoms with E-state index < -0.39 is 0 Å². The minimum Gasteiger partial charge on any atom is -0.309 e. The molecule has 2 nitrogen and oxygen atoms in total. The Balaban J connectivity index is 1.16. The Labute approximate surface area is 298 Å². The molecule has 3 heteroatoms. The van der Waals surface area contributed by atoms with Gasteiger partial charge in [0.2, 0.25) is 0 Å². The van der Waals surface area contributed by atoms with Crippen LogP contribution in [0.4, 0.5) is 0 Å². The lowest BCUT2D eigenvalue weighted by Crippen LogP contribution is -1.95. The van der Waals surface area contributed by atoms with Crippen molar-refractivity contribution in [2.45, 2.75) is 0 Å². The molecule has 0 aliphatic rings. The van der Waals surface area contributed by atoms with Crippen LogP contribution >= 0.6 is 11.3 Å². The highest BCUT2D eigenvalue weighted by Gasteiger charge is 2.19. The third-order valence-corrected chi connectivity index (χ3v) is 11.7. The molecule has 0 amide bonds. The van der Waals surface area contributed by atoms with Gasteiger partial charge in [0.25, 0.3) is 0 Å². The predicted molar refractivity (Wildman–Crippen MR) is 219 cm³/mol. The van der Waals surface area contributed by atoms with Crippen molar-refractivity contribution in [1.29, 1.82) is 0 Å². The third kappa shape index (κ3) is 4.29. The van der Waals surface area contributed by atoms with Gasteiger partial charge in [-0.05, 0) is 76.9 Å². The Hall–Kier alpha value is -6.42. The standard InChI is InChI=1S/C48H30N2S/c1-2-13-31(14-3-1)32-15-10-17-34(27-32)49-43-24-7-4-19-37(43)41-30-46-42(29-45(41)49)38-20-5-8-25-44(38)50(46)35-18-11-16-33(28-35)36-22-12-23-40-39-21-6-9-26-47(39)51-48(36)40/h1-30H. The Morgan fingerprint density at radius 2 is 0.824 bits per heavy atom. The summed E-state index contributed by atoms with van der Waals surface area (Å²) in [6.45, 7) is 0. The van der Waals surface area contributed by atoms with Crippen LogP contribution in [0.5, 0.6) is 0 Å². The fourth-order valence-corrected chi connectivity index (χ4v) is 9.47. The van der Waals surface area contributed by atoms with E-state index in [-0.39, 0.29) is 0 Å². The summed E-state index contributed by atoms with van der Waals surface area (Å²) in [6.07, 6.45) is 0. The maximum atomic E-state index is 2.46. The second kappa shape index (κ2) is 11.0. The molecule has 0 saturated heterocycles. The van der Waals surface area contributed by atoms with E-state index in [9.17, 15) is 0 Å². The average Bonchev–Trinajstić information content (AvgIpc) is 3.85. The first-order valence-electron chi connectivity index (χ1n) is 17.4. The van der Waals surface area contributed by atoms with E-state index in [2.05, 4.69) is 191 Å². The minimum atomic E-state index is 1.16. The largest absolute Gasteiger partial charge is 0.309 e. The van der Waals surface area contributed by atoms with Crippen LogP contribution in [0, 0.1) is 0 Å². The summed E-state index contributed by atoms with van der Waals surface area (Å²) in [6, 6.07) is 66.6. The van der Waals surface area contributed by atoms with E-state index in [0.29, 0.717) is 0 Å². The van der Waals surface area contributed by atoms with E-state index in [1.165, 1.54) is 86.0 Å². The zero-order valence-electron chi connectivity index (χ0n) is 27.6. The number of benzene rings is 8. The van der Waals surface area contributed by atoms with Gasteiger partial charge >= 0.3 is 0 Å². The summed E-state index contributed by atoms with van der Waals surface area (Å²) in [5.41, 5.74) is 12.1.